The standard InChI is InChI=1S/C26H28N2O5S/c1-5-23(25(29)27-17-9-6-11-19(15-17)31-2)34-20-12-7-10-18(16-20)28-26(30)24-21(32-3)13-8-14-22(24)33-4/h6-16,23H,5H2,1-4H3,(H,27,29)(H,28,30). The molecule has 8 heteroatoms. The first kappa shape index (κ1) is 25.0. The van der Waals surface area contributed by atoms with Crippen LogP contribution in [0, 0.1) is 0 Å². The number of hydrogen-bond donors (Lipinski definition) is 2. The van der Waals surface area contributed by atoms with E-state index in [0.717, 1.165) is 4.90 Å². The van der Waals surface area contributed by atoms with Crippen molar-refractivity contribution in [3.8, 4) is 17.2 Å². The molecule has 0 fully saturated rings. The third kappa shape index (κ3) is 6.23. The fourth-order valence-electron chi connectivity index (χ4n) is 3.33. The summed E-state index contributed by atoms with van der Waals surface area (Å²) in [6, 6.07) is 19.8. The smallest absolute Gasteiger partial charge is 0.263 e. The minimum absolute atomic E-state index is 0.103. The molecule has 0 aromatic heterocycles. The van der Waals surface area contributed by atoms with Crippen LogP contribution in [0.5, 0.6) is 17.2 Å². The molecule has 178 valence electrons. The van der Waals surface area contributed by atoms with Crippen LogP contribution < -0.4 is 24.8 Å². The summed E-state index contributed by atoms with van der Waals surface area (Å²) in [5.74, 6) is 1.06. The molecule has 0 saturated carbocycles. The van der Waals surface area contributed by atoms with E-state index in [4.69, 9.17) is 14.2 Å². The van der Waals surface area contributed by atoms with Gasteiger partial charge in [0.15, 0.2) is 0 Å². The molecular weight excluding hydrogens is 452 g/mol. The van der Waals surface area contributed by atoms with E-state index < -0.39 is 0 Å². The van der Waals surface area contributed by atoms with Gasteiger partial charge in [0, 0.05) is 22.3 Å². The van der Waals surface area contributed by atoms with Gasteiger partial charge in [-0.05, 0) is 48.9 Å². The molecule has 0 saturated heterocycles. The van der Waals surface area contributed by atoms with Crippen molar-refractivity contribution in [2.75, 3.05) is 32.0 Å². The maximum Gasteiger partial charge on any atom is 0.263 e. The van der Waals surface area contributed by atoms with Crippen molar-refractivity contribution in [3.63, 3.8) is 0 Å². The minimum Gasteiger partial charge on any atom is -0.497 e. The van der Waals surface area contributed by atoms with Gasteiger partial charge in [-0.15, -0.1) is 11.8 Å². The predicted molar refractivity (Wildman–Crippen MR) is 136 cm³/mol. The molecule has 1 atom stereocenters. The lowest BCUT2D eigenvalue weighted by Crippen LogP contribution is -2.24. The second-order valence-corrected chi connectivity index (χ2v) is 8.53. The number of ether oxygens (including phenoxy) is 3. The third-order valence-corrected chi connectivity index (χ3v) is 6.38. The molecule has 2 amide bonds. The minimum atomic E-state index is -0.348. The normalized spacial score (nSPS) is 11.3. The van der Waals surface area contributed by atoms with Gasteiger partial charge in [0.25, 0.3) is 5.91 Å². The number of amides is 2. The van der Waals surface area contributed by atoms with Crippen molar-refractivity contribution in [2.24, 2.45) is 0 Å². The molecule has 0 heterocycles. The molecule has 0 bridgehead atoms. The van der Waals surface area contributed by atoms with E-state index in [0.29, 0.717) is 40.6 Å². The van der Waals surface area contributed by atoms with Crippen LogP contribution in [0.15, 0.2) is 71.6 Å². The van der Waals surface area contributed by atoms with Gasteiger partial charge in [-0.25, -0.2) is 0 Å². The topological polar surface area (TPSA) is 85.9 Å². The number of carbonyl (C=O) groups is 2. The Kier molecular flexibility index (Phi) is 8.81. The zero-order valence-corrected chi connectivity index (χ0v) is 20.4. The number of rotatable bonds is 10. The molecule has 2 N–H and O–H groups in total. The molecule has 0 spiro atoms. The number of benzene rings is 3. The molecule has 0 aliphatic heterocycles. The van der Waals surface area contributed by atoms with Crippen molar-refractivity contribution < 1.29 is 23.8 Å². The Morgan fingerprint density at radius 1 is 0.824 bits per heavy atom. The van der Waals surface area contributed by atoms with Gasteiger partial charge < -0.3 is 24.8 Å². The predicted octanol–water partition coefficient (Wildman–Crippen LogP) is 5.47. The lowest BCUT2D eigenvalue weighted by atomic mass is 10.1. The van der Waals surface area contributed by atoms with Crippen molar-refractivity contribution >= 4 is 35.0 Å². The second-order valence-electron chi connectivity index (χ2n) is 7.26. The van der Waals surface area contributed by atoms with Gasteiger partial charge in [0.2, 0.25) is 5.91 Å². The summed E-state index contributed by atoms with van der Waals surface area (Å²) in [5, 5.41) is 5.53. The Morgan fingerprint density at radius 3 is 2.06 bits per heavy atom. The Balaban J connectivity index is 1.72. The fraction of sp³-hybridized carbons (Fsp3) is 0.231. The largest absolute Gasteiger partial charge is 0.497 e. The Morgan fingerprint density at radius 2 is 1.44 bits per heavy atom. The van der Waals surface area contributed by atoms with Crippen LogP contribution in [-0.4, -0.2) is 38.4 Å². The molecule has 0 aliphatic rings. The van der Waals surface area contributed by atoms with E-state index >= 15 is 0 Å². The first-order valence-electron chi connectivity index (χ1n) is 10.7. The first-order valence-corrected chi connectivity index (χ1v) is 11.6. The van der Waals surface area contributed by atoms with E-state index in [1.54, 1.807) is 37.4 Å². The van der Waals surface area contributed by atoms with Crippen molar-refractivity contribution in [1.82, 2.24) is 0 Å². The van der Waals surface area contributed by atoms with E-state index in [2.05, 4.69) is 10.6 Å². The Labute approximate surface area is 203 Å². The van der Waals surface area contributed by atoms with Gasteiger partial charge in [-0.1, -0.05) is 25.1 Å². The highest BCUT2D eigenvalue weighted by molar-refractivity contribution is 8.00. The van der Waals surface area contributed by atoms with Crippen LogP contribution >= 0.6 is 11.8 Å². The van der Waals surface area contributed by atoms with Crippen LogP contribution in [0.3, 0.4) is 0 Å². The summed E-state index contributed by atoms with van der Waals surface area (Å²) in [6.45, 7) is 1.96. The Hall–Kier alpha value is -3.65. The average molecular weight is 481 g/mol. The van der Waals surface area contributed by atoms with Gasteiger partial charge in [0.1, 0.15) is 22.8 Å². The van der Waals surface area contributed by atoms with Gasteiger partial charge in [-0.2, -0.15) is 0 Å². The van der Waals surface area contributed by atoms with E-state index in [1.807, 2.05) is 43.3 Å². The first-order chi connectivity index (χ1) is 16.5. The Bertz CT molecular complexity index is 1130. The molecule has 34 heavy (non-hydrogen) atoms. The highest BCUT2D eigenvalue weighted by Gasteiger charge is 2.20. The maximum absolute atomic E-state index is 13.0. The van der Waals surface area contributed by atoms with Crippen molar-refractivity contribution in [2.45, 2.75) is 23.5 Å². The van der Waals surface area contributed by atoms with Crippen LogP contribution in [0.4, 0.5) is 11.4 Å². The van der Waals surface area contributed by atoms with Gasteiger partial charge >= 0.3 is 0 Å². The van der Waals surface area contributed by atoms with Crippen LogP contribution in [0.1, 0.15) is 23.7 Å². The van der Waals surface area contributed by atoms with Gasteiger partial charge in [0.05, 0.1) is 26.6 Å². The van der Waals surface area contributed by atoms with Gasteiger partial charge in [-0.3, -0.25) is 9.59 Å². The van der Waals surface area contributed by atoms with E-state index in [1.165, 1.54) is 26.0 Å². The molecule has 3 aromatic rings. The zero-order valence-electron chi connectivity index (χ0n) is 19.6. The highest BCUT2D eigenvalue weighted by Crippen LogP contribution is 2.31. The fourth-order valence-corrected chi connectivity index (χ4v) is 4.34. The average Bonchev–Trinajstić information content (AvgIpc) is 2.86. The molecule has 7 nitrogen and oxygen atoms in total. The molecule has 1 unspecified atom stereocenters. The number of nitrogens with one attached hydrogen (secondary N) is 2. The molecule has 0 aliphatic carbocycles. The molecule has 3 rings (SSSR count). The number of carbonyl (C=O) groups excluding carboxylic acids is 2. The molecule has 3 aromatic carbocycles. The zero-order chi connectivity index (χ0) is 24.5. The van der Waals surface area contributed by atoms with Crippen LogP contribution in [-0.2, 0) is 4.79 Å². The second kappa shape index (κ2) is 12.0. The lowest BCUT2D eigenvalue weighted by Gasteiger charge is -2.16. The summed E-state index contributed by atoms with van der Waals surface area (Å²) in [6.07, 6.45) is 0.634. The summed E-state index contributed by atoms with van der Waals surface area (Å²) < 4.78 is 15.9. The number of methoxy groups -OCH3 is 3. The summed E-state index contributed by atoms with van der Waals surface area (Å²) in [7, 11) is 4.59. The van der Waals surface area contributed by atoms with Crippen molar-refractivity contribution in [3.05, 3.63) is 72.3 Å². The van der Waals surface area contributed by atoms with E-state index in [9.17, 15) is 9.59 Å². The SMILES string of the molecule is CCC(Sc1cccc(NC(=O)c2c(OC)cccc2OC)c1)C(=O)Nc1cccc(OC)c1. The summed E-state index contributed by atoms with van der Waals surface area (Å²) in [5.41, 5.74) is 1.59. The van der Waals surface area contributed by atoms with Crippen LogP contribution in [0.2, 0.25) is 0 Å². The summed E-state index contributed by atoms with van der Waals surface area (Å²) in [4.78, 5) is 26.7. The maximum atomic E-state index is 13.0. The number of thioether (sulfide) groups is 1. The van der Waals surface area contributed by atoms with Crippen LogP contribution in [0.25, 0.3) is 0 Å². The van der Waals surface area contributed by atoms with Crippen molar-refractivity contribution in [1.29, 1.82) is 0 Å². The quantitative estimate of drug-likeness (QED) is 0.374. The molecule has 0 radical (unpaired) electrons. The lowest BCUT2D eigenvalue weighted by molar-refractivity contribution is -0.115. The molecular formula is C26H28N2O5S. The monoisotopic (exact) mass is 480 g/mol. The highest BCUT2D eigenvalue weighted by atomic mass is 32.2. The summed E-state index contributed by atoms with van der Waals surface area (Å²) >= 11 is 1.43. The number of hydrogen-bond acceptors (Lipinski definition) is 6. The number of anilines is 2. The third-order valence-electron chi connectivity index (χ3n) is 5.03. The van der Waals surface area contributed by atoms with E-state index in [-0.39, 0.29) is 17.1 Å².